The Morgan fingerprint density at radius 3 is 2.76 bits per heavy atom. The van der Waals surface area contributed by atoms with Gasteiger partial charge in [0.25, 0.3) is 5.91 Å². The largest absolute Gasteiger partial charge is 0.481 e. The van der Waals surface area contributed by atoms with E-state index in [1.165, 1.54) is 0 Å². The molecule has 1 aliphatic heterocycles. The lowest BCUT2D eigenvalue weighted by atomic mass is 9.97. The Labute approximate surface area is 128 Å². The second-order valence-electron chi connectivity index (χ2n) is 5.35. The predicted molar refractivity (Wildman–Crippen MR) is 81.4 cm³/mol. The number of benzene rings is 1. The van der Waals surface area contributed by atoms with Crippen molar-refractivity contribution in [2.75, 3.05) is 12.3 Å². The lowest BCUT2D eigenvalue weighted by Crippen LogP contribution is -2.44. The van der Waals surface area contributed by atoms with Crippen molar-refractivity contribution < 1.29 is 14.7 Å². The summed E-state index contributed by atoms with van der Waals surface area (Å²) < 4.78 is 0. The van der Waals surface area contributed by atoms with Crippen LogP contribution >= 0.6 is 11.6 Å². The number of nitrogens with zero attached hydrogens (tertiary/aromatic N) is 1. The van der Waals surface area contributed by atoms with Gasteiger partial charge in [-0.15, -0.1) is 0 Å². The molecule has 1 fully saturated rings. The van der Waals surface area contributed by atoms with Gasteiger partial charge >= 0.3 is 5.97 Å². The van der Waals surface area contributed by atoms with E-state index in [1.54, 1.807) is 23.1 Å². The molecular formula is C15H19ClN2O3. The molecule has 2 rings (SSSR count). The minimum atomic E-state index is -0.833. The summed E-state index contributed by atoms with van der Waals surface area (Å²) in [6, 6.07) is 4.78. The van der Waals surface area contributed by atoms with E-state index in [1.807, 2.05) is 0 Å². The zero-order valence-electron chi connectivity index (χ0n) is 11.7. The first-order chi connectivity index (χ1) is 9.97. The number of aliphatic carboxylic acids is 1. The fraction of sp³-hybridized carbons (Fsp3) is 0.467. The second kappa shape index (κ2) is 6.80. The first-order valence-corrected chi connectivity index (χ1v) is 7.44. The van der Waals surface area contributed by atoms with Gasteiger partial charge < -0.3 is 15.7 Å². The van der Waals surface area contributed by atoms with Crippen molar-refractivity contribution in [1.29, 1.82) is 0 Å². The molecule has 1 atom stereocenters. The average Bonchev–Trinajstić information content (AvgIpc) is 2.43. The smallest absolute Gasteiger partial charge is 0.303 e. The van der Waals surface area contributed by atoms with Gasteiger partial charge in [-0.2, -0.15) is 0 Å². The van der Waals surface area contributed by atoms with E-state index in [2.05, 4.69) is 0 Å². The Kier molecular flexibility index (Phi) is 5.07. The maximum atomic E-state index is 12.6. The SMILES string of the molecule is Nc1cc(Cl)cc(C(=O)N2CCCCC2CCC(=O)O)c1. The van der Waals surface area contributed by atoms with E-state index in [4.69, 9.17) is 22.4 Å². The van der Waals surface area contributed by atoms with Crippen molar-refractivity contribution in [3.05, 3.63) is 28.8 Å². The van der Waals surface area contributed by atoms with Crippen molar-refractivity contribution in [3.63, 3.8) is 0 Å². The number of halogens is 1. The van der Waals surface area contributed by atoms with E-state index in [-0.39, 0.29) is 18.4 Å². The van der Waals surface area contributed by atoms with Crippen molar-refractivity contribution in [2.24, 2.45) is 0 Å². The molecule has 114 valence electrons. The fourth-order valence-corrected chi connectivity index (χ4v) is 3.00. The molecule has 3 N–H and O–H groups in total. The Morgan fingerprint density at radius 2 is 2.10 bits per heavy atom. The van der Waals surface area contributed by atoms with Gasteiger partial charge in [-0.3, -0.25) is 9.59 Å². The van der Waals surface area contributed by atoms with E-state index in [0.29, 0.717) is 29.2 Å². The van der Waals surface area contributed by atoms with Crippen LogP contribution in [-0.4, -0.2) is 34.5 Å². The highest BCUT2D eigenvalue weighted by atomic mass is 35.5. The third-order valence-corrected chi connectivity index (χ3v) is 3.96. The van der Waals surface area contributed by atoms with Crippen LogP contribution in [0.2, 0.25) is 5.02 Å². The third-order valence-electron chi connectivity index (χ3n) is 3.75. The molecule has 0 aromatic heterocycles. The van der Waals surface area contributed by atoms with Gasteiger partial charge in [0.1, 0.15) is 0 Å². The number of hydrogen-bond donors (Lipinski definition) is 2. The summed E-state index contributed by atoms with van der Waals surface area (Å²) in [6.45, 7) is 0.648. The number of carboxylic acid groups (broad SMARTS) is 1. The van der Waals surface area contributed by atoms with Crippen LogP contribution in [0, 0.1) is 0 Å². The molecule has 0 aliphatic carbocycles. The topological polar surface area (TPSA) is 83.6 Å². The molecule has 1 amide bonds. The molecule has 1 heterocycles. The summed E-state index contributed by atoms with van der Waals surface area (Å²) in [6.07, 6.45) is 3.36. The van der Waals surface area contributed by atoms with Crippen molar-refractivity contribution in [3.8, 4) is 0 Å². The Balaban J connectivity index is 2.15. The maximum Gasteiger partial charge on any atom is 0.303 e. The van der Waals surface area contributed by atoms with Gasteiger partial charge in [0.05, 0.1) is 0 Å². The molecule has 0 saturated carbocycles. The van der Waals surface area contributed by atoms with Crippen LogP contribution in [-0.2, 0) is 4.79 Å². The summed E-state index contributed by atoms with van der Waals surface area (Å²) in [4.78, 5) is 25.1. The Bertz CT molecular complexity index is 527. The Hall–Kier alpha value is -1.75. The molecule has 0 radical (unpaired) electrons. The number of likely N-dealkylation sites (tertiary alicyclic amines) is 1. The van der Waals surface area contributed by atoms with Crippen molar-refractivity contribution >= 4 is 29.2 Å². The molecule has 1 aliphatic rings. The summed E-state index contributed by atoms with van der Waals surface area (Å²) in [7, 11) is 0. The van der Waals surface area contributed by atoms with Gasteiger partial charge in [0.2, 0.25) is 0 Å². The summed E-state index contributed by atoms with van der Waals surface area (Å²) in [5.74, 6) is -0.959. The van der Waals surface area contributed by atoms with E-state index >= 15 is 0 Å². The van der Waals surface area contributed by atoms with Gasteiger partial charge in [0, 0.05) is 35.3 Å². The van der Waals surface area contributed by atoms with E-state index in [0.717, 1.165) is 19.3 Å². The molecular weight excluding hydrogens is 292 g/mol. The monoisotopic (exact) mass is 310 g/mol. The standard InChI is InChI=1S/C15H19ClN2O3/c16-11-7-10(8-12(17)9-11)15(21)18-6-2-1-3-13(18)4-5-14(19)20/h7-9,13H,1-6,17H2,(H,19,20). The number of nitrogens with two attached hydrogens (primary N) is 1. The molecule has 6 heteroatoms. The van der Waals surface area contributed by atoms with Crippen LogP contribution in [0.25, 0.3) is 0 Å². The van der Waals surface area contributed by atoms with Gasteiger partial charge in [-0.05, 0) is 43.9 Å². The number of anilines is 1. The van der Waals surface area contributed by atoms with Gasteiger partial charge in [-0.1, -0.05) is 11.6 Å². The number of rotatable bonds is 4. The number of amides is 1. The highest BCUT2D eigenvalue weighted by molar-refractivity contribution is 6.31. The maximum absolute atomic E-state index is 12.6. The molecule has 1 aromatic carbocycles. The normalized spacial score (nSPS) is 18.5. The molecule has 1 saturated heterocycles. The molecule has 0 bridgehead atoms. The number of carbonyl (C=O) groups is 2. The van der Waals surface area contributed by atoms with Gasteiger partial charge in [-0.25, -0.2) is 0 Å². The second-order valence-corrected chi connectivity index (χ2v) is 5.79. The number of piperidine rings is 1. The molecule has 0 spiro atoms. The quantitative estimate of drug-likeness (QED) is 0.838. The van der Waals surface area contributed by atoms with Crippen LogP contribution in [0.3, 0.4) is 0 Å². The van der Waals surface area contributed by atoms with E-state index < -0.39 is 5.97 Å². The zero-order valence-corrected chi connectivity index (χ0v) is 12.5. The van der Waals surface area contributed by atoms with Crippen molar-refractivity contribution in [2.45, 2.75) is 38.1 Å². The van der Waals surface area contributed by atoms with Gasteiger partial charge in [0.15, 0.2) is 0 Å². The minimum absolute atomic E-state index is 0.0254. The number of hydrogen-bond acceptors (Lipinski definition) is 3. The minimum Gasteiger partial charge on any atom is -0.481 e. The lowest BCUT2D eigenvalue weighted by molar-refractivity contribution is -0.137. The molecule has 5 nitrogen and oxygen atoms in total. The lowest BCUT2D eigenvalue weighted by Gasteiger charge is -2.35. The molecule has 21 heavy (non-hydrogen) atoms. The van der Waals surface area contributed by atoms with Crippen LogP contribution in [0.1, 0.15) is 42.5 Å². The number of nitrogen functional groups attached to an aromatic ring is 1. The zero-order chi connectivity index (χ0) is 15.4. The van der Waals surface area contributed by atoms with E-state index in [9.17, 15) is 9.59 Å². The number of carboxylic acids is 1. The highest BCUT2D eigenvalue weighted by Gasteiger charge is 2.28. The van der Waals surface area contributed by atoms with Crippen LogP contribution < -0.4 is 5.73 Å². The summed E-state index contributed by atoms with van der Waals surface area (Å²) in [5, 5.41) is 9.25. The predicted octanol–water partition coefficient (Wildman–Crippen LogP) is 2.78. The molecule has 1 unspecified atom stereocenters. The first-order valence-electron chi connectivity index (χ1n) is 7.06. The highest BCUT2D eigenvalue weighted by Crippen LogP contribution is 2.25. The first kappa shape index (κ1) is 15.6. The van der Waals surface area contributed by atoms with Crippen LogP contribution in [0.15, 0.2) is 18.2 Å². The Morgan fingerprint density at radius 1 is 1.33 bits per heavy atom. The fourth-order valence-electron chi connectivity index (χ4n) is 2.76. The average molecular weight is 311 g/mol. The van der Waals surface area contributed by atoms with Crippen LogP contribution in [0.4, 0.5) is 5.69 Å². The number of carbonyl (C=O) groups excluding carboxylic acids is 1. The molecule has 1 aromatic rings. The summed E-state index contributed by atoms with van der Waals surface area (Å²) in [5.41, 5.74) is 6.64. The third kappa shape index (κ3) is 4.11. The van der Waals surface area contributed by atoms with Crippen LogP contribution in [0.5, 0.6) is 0 Å². The van der Waals surface area contributed by atoms with Crippen molar-refractivity contribution in [1.82, 2.24) is 4.90 Å². The summed E-state index contributed by atoms with van der Waals surface area (Å²) >= 11 is 5.94.